The lowest BCUT2D eigenvalue weighted by molar-refractivity contribution is -0.137. The molecule has 0 amide bonds. The smallest absolute Gasteiger partial charge is 0.316 e. The van der Waals surface area contributed by atoms with Crippen molar-refractivity contribution in [3.8, 4) is 0 Å². The fraction of sp³-hybridized carbons (Fsp3) is 0.500. The van der Waals surface area contributed by atoms with Crippen LogP contribution in [0.15, 0.2) is 24.3 Å². The van der Waals surface area contributed by atoms with Crippen LogP contribution in [0.3, 0.4) is 0 Å². The van der Waals surface area contributed by atoms with E-state index in [1.165, 1.54) is 0 Å². The van der Waals surface area contributed by atoms with E-state index in [4.69, 9.17) is 0 Å². The first kappa shape index (κ1) is 11.5. The topological polar surface area (TPSA) is 12.0 Å². The van der Waals surface area contributed by atoms with Crippen molar-refractivity contribution in [2.75, 3.05) is 13.1 Å². The zero-order valence-corrected chi connectivity index (χ0v) is 8.85. The van der Waals surface area contributed by atoms with Crippen LogP contribution in [-0.4, -0.2) is 13.1 Å². The second-order valence-electron chi connectivity index (χ2n) is 4.26. The minimum Gasteiger partial charge on any atom is -0.316 e. The summed E-state index contributed by atoms with van der Waals surface area (Å²) in [5.74, 6) is 0.566. The maximum atomic E-state index is 12.3. The monoisotopic (exact) mass is 229 g/mol. The van der Waals surface area contributed by atoms with Gasteiger partial charge in [0, 0.05) is 0 Å². The molecule has 88 valence electrons. The fourth-order valence-corrected chi connectivity index (χ4v) is 2.05. The van der Waals surface area contributed by atoms with Crippen molar-refractivity contribution in [1.29, 1.82) is 0 Å². The van der Waals surface area contributed by atoms with Crippen molar-refractivity contribution < 1.29 is 13.2 Å². The highest BCUT2D eigenvalue weighted by atomic mass is 19.4. The lowest BCUT2D eigenvalue weighted by atomic mass is 9.98. The van der Waals surface area contributed by atoms with Crippen LogP contribution in [0.25, 0.3) is 0 Å². The Morgan fingerprint density at radius 1 is 1.19 bits per heavy atom. The standard InChI is InChI=1S/C12H14F3N/c13-12(14,15)11-3-1-9(2-4-11)7-10-5-6-16-8-10/h1-4,10,16H,5-8H2. The Morgan fingerprint density at radius 2 is 1.88 bits per heavy atom. The molecule has 0 bridgehead atoms. The zero-order chi connectivity index (χ0) is 11.6. The molecule has 1 atom stereocenters. The maximum Gasteiger partial charge on any atom is 0.416 e. The average molecular weight is 229 g/mol. The predicted octanol–water partition coefficient (Wildman–Crippen LogP) is 2.86. The number of halogens is 3. The Labute approximate surface area is 92.7 Å². The SMILES string of the molecule is FC(F)(F)c1ccc(CC2CCNC2)cc1. The van der Waals surface area contributed by atoms with Gasteiger partial charge in [-0.1, -0.05) is 12.1 Å². The van der Waals surface area contributed by atoms with Crippen LogP contribution in [-0.2, 0) is 12.6 Å². The second kappa shape index (κ2) is 4.45. The third kappa shape index (κ3) is 2.76. The van der Waals surface area contributed by atoms with E-state index in [-0.39, 0.29) is 0 Å². The summed E-state index contributed by atoms with van der Waals surface area (Å²) in [7, 11) is 0. The molecule has 1 aliphatic rings. The van der Waals surface area contributed by atoms with Gasteiger partial charge in [-0.2, -0.15) is 13.2 Å². The van der Waals surface area contributed by atoms with E-state index in [9.17, 15) is 13.2 Å². The minimum absolute atomic E-state index is 0.566. The largest absolute Gasteiger partial charge is 0.416 e. The number of hydrogen-bond acceptors (Lipinski definition) is 1. The Hall–Kier alpha value is -1.03. The first-order chi connectivity index (χ1) is 7.55. The van der Waals surface area contributed by atoms with Crippen molar-refractivity contribution in [3.63, 3.8) is 0 Å². The number of rotatable bonds is 2. The third-order valence-corrected chi connectivity index (χ3v) is 2.97. The Kier molecular flexibility index (Phi) is 3.19. The maximum absolute atomic E-state index is 12.3. The summed E-state index contributed by atoms with van der Waals surface area (Å²) >= 11 is 0. The first-order valence-corrected chi connectivity index (χ1v) is 5.42. The van der Waals surface area contributed by atoms with Gasteiger partial charge in [0.1, 0.15) is 0 Å². The van der Waals surface area contributed by atoms with Crippen LogP contribution in [0, 0.1) is 5.92 Å². The van der Waals surface area contributed by atoms with Gasteiger partial charge in [-0.05, 0) is 49.5 Å². The molecule has 1 aromatic carbocycles. The van der Waals surface area contributed by atoms with E-state index in [1.54, 1.807) is 12.1 Å². The van der Waals surface area contributed by atoms with Gasteiger partial charge in [0.25, 0.3) is 0 Å². The normalized spacial score (nSPS) is 21.3. The lowest BCUT2D eigenvalue weighted by Gasteiger charge is -2.10. The highest BCUT2D eigenvalue weighted by Crippen LogP contribution is 2.29. The molecule has 1 aromatic rings. The van der Waals surface area contributed by atoms with E-state index in [0.29, 0.717) is 5.92 Å². The van der Waals surface area contributed by atoms with Crippen molar-refractivity contribution >= 4 is 0 Å². The van der Waals surface area contributed by atoms with E-state index in [0.717, 1.165) is 43.6 Å². The summed E-state index contributed by atoms with van der Waals surface area (Å²) in [6.07, 6.45) is -2.25. The third-order valence-electron chi connectivity index (χ3n) is 2.97. The summed E-state index contributed by atoms with van der Waals surface area (Å²) in [6, 6.07) is 5.50. The molecule has 1 unspecified atom stereocenters. The quantitative estimate of drug-likeness (QED) is 0.822. The van der Waals surface area contributed by atoms with Gasteiger partial charge in [0.15, 0.2) is 0 Å². The molecular formula is C12H14F3N. The van der Waals surface area contributed by atoms with Gasteiger partial charge in [0.2, 0.25) is 0 Å². The molecule has 1 heterocycles. The molecule has 0 aromatic heterocycles. The van der Waals surface area contributed by atoms with Gasteiger partial charge < -0.3 is 5.32 Å². The van der Waals surface area contributed by atoms with Crippen molar-refractivity contribution in [3.05, 3.63) is 35.4 Å². The van der Waals surface area contributed by atoms with E-state index < -0.39 is 11.7 Å². The molecule has 2 rings (SSSR count). The summed E-state index contributed by atoms with van der Waals surface area (Å²) < 4.78 is 36.9. The number of nitrogens with one attached hydrogen (secondary N) is 1. The molecule has 4 heteroatoms. The molecule has 1 N–H and O–H groups in total. The summed E-state index contributed by atoms with van der Waals surface area (Å²) in [5.41, 5.74) is 0.419. The summed E-state index contributed by atoms with van der Waals surface area (Å²) in [6.45, 7) is 1.99. The molecule has 1 aliphatic heterocycles. The Bertz CT molecular complexity index is 336. The first-order valence-electron chi connectivity index (χ1n) is 5.42. The van der Waals surface area contributed by atoms with Crippen molar-refractivity contribution in [1.82, 2.24) is 5.32 Å². The summed E-state index contributed by atoms with van der Waals surface area (Å²) in [4.78, 5) is 0. The van der Waals surface area contributed by atoms with Gasteiger partial charge in [-0.15, -0.1) is 0 Å². The molecule has 1 fully saturated rings. The van der Waals surface area contributed by atoms with Gasteiger partial charge >= 0.3 is 6.18 Å². The fourth-order valence-electron chi connectivity index (χ4n) is 2.05. The molecule has 1 saturated heterocycles. The average Bonchev–Trinajstić information content (AvgIpc) is 2.70. The molecule has 0 spiro atoms. The molecule has 0 saturated carbocycles. The van der Waals surface area contributed by atoms with Crippen LogP contribution < -0.4 is 5.32 Å². The van der Waals surface area contributed by atoms with Crippen molar-refractivity contribution in [2.45, 2.75) is 19.0 Å². The Morgan fingerprint density at radius 3 is 2.38 bits per heavy atom. The molecule has 0 radical (unpaired) electrons. The van der Waals surface area contributed by atoms with Crippen LogP contribution >= 0.6 is 0 Å². The second-order valence-corrected chi connectivity index (χ2v) is 4.26. The van der Waals surface area contributed by atoms with Crippen LogP contribution in [0.4, 0.5) is 13.2 Å². The van der Waals surface area contributed by atoms with Crippen LogP contribution in [0.2, 0.25) is 0 Å². The van der Waals surface area contributed by atoms with Crippen LogP contribution in [0.5, 0.6) is 0 Å². The molecule has 0 aliphatic carbocycles. The number of benzene rings is 1. The number of hydrogen-bond donors (Lipinski definition) is 1. The van der Waals surface area contributed by atoms with E-state index >= 15 is 0 Å². The Balaban J connectivity index is 2.01. The molecule has 1 nitrogen and oxygen atoms in total. The van der Waals surface area contributed by atoms with Gasteiger partial charge in [-0.25, -0.2) is 0 Å². The van der Waals surface area contributed by atoms with Gasteiger partial charge in [0.05, 0.1) is 5.56 Å². The van der Waals surface area contributed by atoms with Gasteiger partial charge in [-0.3, -0.25) is 0 Å². The number of alkyl halides is 3. The lowest BCUT2D eigenvalue weighted by Crippen LogP contribution is -2.11. The molecule has 16 heavy (non-hydrogen) atoms. The van der Waals surface area contributed by atoms with E-state index in [2.05, 4.69) is 5.32 Å². The zero-order valence-electron chi connectivity index (χ0n) is 8.85. The summed E-state index contributed by atoms with van der Waals surface area (Å²) in [5, 5.41) is 3.25. The highest BCUT2D eigenvalue weighted by Gasteiger charge is 2.30. The minimum atomic E-state index is -4.23. The van der Waals surface area contributed by atoms with Crippen molar-refractivity contribution in [2.24, 2.45) is 5.92 Å². The van der Waals surface area contributed by atoms with E-state index in [1.807, 2.05) is 0 Å². The molecular weight excluding hydrogens is 215 g/mol. The van der Waals surface area contributed by atoms with Crippen LogP contribution in [0.1, 0.15) is 17.5 Å². The predicted molar refractivity (Wildman–Crippen MR) is 56.1 cm³/mol. The highest BCUT2D eigenvalue weighted by molar-refractivity contribution is 5.25.